The number of nitrogens with one attached hydrogen (secondary N) is 2. The Bertz CT molecular complexity index is 7090. The SMILES string of the molecule is O=c1nc2c(S(=O)(=O)O)cc(Nc3ccc(SCCSCSCCS(=O)(=O)c4ccc(Nc5cc(S(=O)(=O)O)c6nc(=O)c(=C(O)c7cccc(S(=O)(=O)O)c7)c7c8ccccc8c(=O)c5c6=7)c(S(=O)(=O)O)c4)cc3S(=O)(=O)O)c3c2=c(c1=C(O)c1cccc(S(=O)(=O)O)c1)c1ccccc1c3=O. The summed E-state index contributed by atoms with van der Waals surface area (Å²) < 4.78 is 243. The summed E-state index contributed by atoms with van der Waals surface area (Å²) >= 11 is 3.51. The molecule has 0 radical (unpaired) electrons. The summed E-state index contributed by atoms with van der Waals surface area (Å²) in [5.74, 6) is -2.05. The van der Waals surface area contributed by atoms with Gasteiger partial charge in [-0.15, -0.1) is 11.8 Å². The maximum absolute atomic E-state index is 14.6. The molecule has 8 aromatic rings. The third-order valence-electron chi connectivity index (χ3n) is 16.1. The number of fused-ring (bicyclic) bond motifs is 4. The highest BCUT2D eigenvalue weighted by molar-refractivity contribution is 8.16. The molecule has 12 rings (SSSR count). The van der Waals surface area contributed by atoms with E-state index in [4.69, 9.17) is 0 Å². The van der Waals surface area contributed by atoms with Gasteiger partial charge in [0.25, 0.3) is 71.8 Å². The van der Waals surface area contributed by atoms with Crippen LogP contribution >= 0.6 is 35.3 Å². The van der Waals surface area contributed by atoms with Crippen molar-refractivity contribution in [1.29, 1.82) is 0 Å². The number of sulfone groups is 1. The number of aromatic nitrogens is 2. The minimum atomic E-state index is -5.46. The van der Waals surface area contributed by atoms with Gasteiger partial charge < -0.3 is 20.8 Å². The first-order valence-electron chi connectivity index (χ1n) is 28.9. The molecule has 2 aliphatic heterocycles. The second-order valence-electron chi connectivity index (χ2n) is 22.4. The largest absolute Gasteiger partial charge is 0.506 e. The van der Waals surface area contributed by atoms with Gasteiger partial charge in [0.05, 0.1) is 75.4 Å². The average Bonchev–Trinajstić information content (AvgIpc) is 0.708. The van der Waals surface area contributed by atoms with Crippen molar-refractivity contribution in [3.8, 4) is 0 Å². The molecule has 0 saturated heterocycles. The fraction of sp³-hybridized carbons (Fsp3) is 0.0794. The zero-order valence-corrected chi connectivity index (χ0v) is 59.5. The molecule has 0 saturated carbocycles. The quantitative estimate of drug-likeness (QED) is 0.0169. The van der Waals surface area contributed by atoms with Gasteiger partial charge in [0.2, 0.25) is 0 Å². The molecule has 532 valence electrons. The van der Waals surface area contributed by atoms with Crippen molar-refractivity contribution in [3.63, 3.8) is 0 Å². The minimum absolute atomic E-state index is 0.0627. The summed E-state index contributed by atoms with van der Waals surface area (Å²) in [6.45, 7) is 0. The maximum atomic E-state index is 14.6. The summed E-state index contributed by atoms with van der Waals surface area (Å²) in [5.41, 5.74) is -9.03. The predicted molar refractivity (Wildman–Crippen MR) is 381 cm³/mol. The predicted octanol–water partition coefficient (Wildman–Crippen LogP) is 5.68. The van der Waals surface area contributed by atoms with Crippen LogP contribution in [0.5, 0.6) is 0 Å². The van der Waals surface area contributed by atoms with E-state index in [1.165, 1.54) is 72.4 Å². The van der Waals surface area contributed by atoms with E-state index in [0.717, 1.165) is 90.3 Å². The Hall–Kier alpha value is -9.08. The molecule has 0 unspecified atom stereocenters. The third-order valence-corrected chi connectivity index (χ3v) is 26.8. The molecule has 0 bridgehead atoms. The molecule has 103 heavy (non-hydrogen) atoms. The van der Waals surface area contributed by atoms with Gasteiger partial charge in [0.1, 0.15) is 31.1 Å². The average molecular weight is 1590 g/mol. The van der Waals surface area contributed by atoms with E-state index in [0.29, 0.717) is 24.0 Å². The van der Waals surface area contributed by atoms with Gasteiger partial charge in [-0.25, -0.2) is 18.4 Å². The number of benzene rings is 8. The highest BCUT2D eigenvalue weighted by Crippen LogP contribution is 2.38. The van der Waals surface area contributed by atoms with E-state index >= 15 is 0 Å². The van der Waals surface area contributed by atoms with Crippen LogP contribution in [0.3, 0.4) is 0 Å². The van der Waals surface area contributed by atoms with Crippen molar-refractivity contribution in [3.05, 3.63) is 229 Å². The molecule has 0 aromatic heterocycles. The highest BCUT2D eigenvalue weighted by Gasteiger charge is 2.31. The fourth-order valence-electron chi connectivity index (χ4n) is 11.7. The van der Waals surface area contributed by atoms with Crippen molar-refractivity contribution in [2.45, 2.75) is 39.2 Å². The number of hydrogen-bond donors (Lipinski definition) is 10. The fourth-order valence-corrected chi connectivity index (χ4v) is 20.5. The molecule has 8 aromatic carbocycles. The smallest absolute Gasteiger partial charge is 0.296 e. The summed E-state index contributed by atoms with van der Waals surface area (Å²) in [6.07, 6.45) is 0. The normalized spacial score (nSPS) is 13.6. The second-order valence-corrected chi connectivity index (χ2v) is 36.7. The lowest BCUT2D eigenvalue weighted by molar-refractivity contribution is 0.480. The van der Waals surface area contributed by atoms with Crippen molar-refractivity contribution >= 4 is 183 Å². The lowest BCUT2D eigenvalue weighted by atomic mass is 9.96. The van der Waals surface area contributed by atoms with Crippen molar-refractivity contribution in [2.75, 3.05) is 38.7 Å². The molecule has 0 fully saturated rings. The standard InChI is InChI=1S/C63H44N4O26S10/c68-58(30-7-5-9-34(23-30)98(76,77)78)54-48-36-11-1-3-13-38(36)60(70)50-42(27-46(102(88,89)90)56(52(48)50)66-62(54)72)64-40-17-15-32(25-44(40)100(82,83)84)96-20-19-94-29-95-21-22-97(74,75)33-16-18-41(45(26-33)101(85,86)87)65-43-28-47(103(91,92)93)57-53-49(37-12-2-4-14-39(37)61(71)51(43)53)55(63(73)67-57)59(69)31-8-6-10-35(24-31)99(79,80)81/h1-18,23-28,64-65,68-69H,19-22,29H2,(H,76,77,78)(H,79,80,81)(H,82,83,84)(H,85,86,87)(H,88,89,90)(H,91,92,93). The number of aliphatic hydroxyl groups is 2. The molecule has 4 aliphatic rings. The zero-order chi connectivity index (χ0) is 74.6. The Morgan fingerprint density at radius 3 is 1.21 bits per heavy atom. The molecule has 2 aliphatic carbocycles. The van der Waals surface area contributed by atoms with Gasteiger partial charge >= 0.3 is 0 Å². The number of thioether (sulfide) groups is 3. The molecule has 30 nitrogen and oxygen atoms in total. The summed E-state index contributed by atoms with van der Waals surface area (Å²) in [6, 6.07) is 26.3. The number of nitrogens with zero attached hydrogens (tertiary/aromatic N) is 2. The van der Waals surface area contributed by atoms with Crippen molar-refractivity contribution < 1.29 is 96.5 Å². The summed E-state index contributed by atoms with van der Waals surface area (Å²) in [5, 5.41) is 24.4. The lowest BCUT2D eigenvalue weighted by Gasteiger charge is -2.17. The number of aliphatic hydroxyl groups excluding tert-OH is 2. The van der Waals surface area contributed by atoms with Crippen molar-refractivity contribution in [1.82, 2.24) is 9.97 Å². The Balaban J connectivity index is 0.783. The molecule has 0 amide bonds. The minimum Gasteiger partial charge on any atom is -0.506 e. The van der Waals surface area contributed by atoms with E-state index < -0.39 is 209 Å². The molecular formula is C63H44N4O26S10. The summed E-state index contributed by atoms with van der Waals surface area (Å²) in [7, 11) is -35.7. The number of rotatable bonds is 22. The van der Waals surface area contributed by atoms with Crippen LogP contribution < -0.4 is 43.0 Å². The second kappa shape index (κ2) is 26.9. The molecule has 0 atom stereocenters. The van der Waals surface area contributed by atoms with Gasteiger partial charge in [0.15, 0.2) is 20.7 Å². The van der Waals surface area contributed by atoms with Gasteiger partial charge in [-0.2, -0.15) is 74.0 Å². The van der Waals surface area contributed by atoms with Crippen LogP contribution in [0.4, 0.5) is 22.7 Å². The number of anilines is 4. The monoisotopic (exact) mass is 1590 g/mol. The zero-order valence-electron chi connectivity index (χ0n) is 51.3. The van der Waals surface area contributed by atoms with Gasteiger partial charge in [-0.05, 0) is 83.6 Å². The first-order chi connectivity index (χ1) is 48.1. The summed E-state index contributed by atoms with van der Waals surface area (Å²) in [4.78, 5) is 59.0. The van der Waals surface area contributed by atoms with Crippen LogP contribution in [0, 0.1) is 20.9 Å². The van der Waals surface area contributed by atoms with Crippen LogP contribution in [0.1, 0.15) is 11.1 Å². The Kier molecular flexibility index (Phi) is 19.2. The van der Waals surface area contributed by atoms with Crippen LogP contribution in [-0.2, 0) is 70.5 Å². The first kappa shape index (κ1) is 73.7. The lowest BCUT2D eigenvalue weighted by Crippen LogP contribution is -2.33. The van der Waals surface area contributed by atoms with Gasteiger partial charge in [-0.3, -0.25) is 46.5 Å². The molecule has 2 heterocycles. The van der Waals surface area contributed by atoms with Crippen LogP contribution in [0.25, 0.3) is 54.9 Å². The third kappa shape index (κ3) is 14.2. The van der Waals surface area contributed by atoms with Gasteiger partial charge in [-0.1, -0.05) is 72.8 Å². The highest BCUT2D eigenvalue weighted by atomic mass is 32.2. The Labute approximate surface area is 592 Å². The number of hydrogen-bond acceptors (Lipinski definition) is 27. The molecular weight excluding hydrogens is 1550 g/mol. The van der Waals surface area contributed by atoms with E-state index in [1.807, 2.05) is 0 Å². The van der Waals surface area contributed by atoms with Crippen LogP contribution in [0.2, 0.25) is 0 Å². The van der Waals surface area contributed by atoms with E-state index in [2.05, 4.69) is 20.6 Å². The van der Waals surface area contributed by atoms with E-state index in [9.17, 15) is 116 Å². The first-order valence-corrected chi connectivity index (χ1v) is 42.5. The molecule has 10 N–H and O–H groups in total. The Morgan fingerprint density at radius 2 is 0.786 bits per heavy atom. The molecule has 40 heteroatoms. The van der Waals surface area contributed by atoms with E-state index in [-0.39, 0.29) is 64.6 Å². The van der Waals surface area contributed by atoms with Crippen LogP contribution in [-0.4, -0.2) is 135 Å². The molecule has 0 spiro atoms. The van der Waals surface area contributed by atoms with E-state index in [1.54, 1.807) is 0 Å². The van der Waals surface area contributed by atoms with Gasteiger partial charge in [0, 0.05) is 70.0 Å². The topological polar surface area (TPSA) is 519 Å². The van der Waals surface area contributed by atoms with Crippen molar-refractivity contribution in [2.24, 2.45) is 0 Å². The Morgan fingerprint density at radius 1 is 0.379 bits per heavy atom. The maximum Gasteiger partial charge on any atom is 0.296 e. The van der Waals surface area contributed by atoms with Crippen LogP contribution in [0.15, 0.2) is 204 Å².